The van der Waals surface area contributed by atoms with E-state index in [2.05, 4.69) is 15.1 Å². The molecule has 1 unspecified atom stereocenters. The van der Waals surface area contributed by atoms with Crippen LogP contribution < -0.4 is 5.73 Å². The highest BCUT2D eigenvalue weighted by atomic mass is 32.1. The normalized spacial score (nSPS) is 19.0. The van der Waals surface area contributed by atoms with E-state index in [1.54, 1.807) is 7.11 Å². The number of aryl methyl sites for hydroxylation is 1. The van der Waals surface area contributed by atoms with Gasteiger partial charge in [-0.25, -0.2) is 4.98 Å². The molecule has 2 aromatic heterocycles. The van der Waals surface area contributed by atoms with Crippen molar-refractivity contribution in [1.29, 1.82) is 0 Å². The second-order valence-corrected chi connectivity index (χ2v) is 6.66. The predicted octanol–water partition coefficient (Wildman–Crippen LogP) is 2.94. The number of hydrogen-bond acceptors (Lipinski definition) is 7. The molecule has 2 heterocycles. The van der Waals surface area contributed by atoms with Gasteiger partial charge in [0.25, 0.3) is 5.89 Å². The summed E-state index contributed by atoms with van der Waals surface area (Å²) in [6.07, 6.45) is 4.03. The van der Waals surface area contributed by atoms with E-state index in [0.717, 1.165) is 41.3 Å². The minimum Gasteiger partial charge on any atom is -0.375 e. The molecule has 6 nitrogen and oxygen atoms in total. The zero-order chi connectivity index (χ0) is 15.0. The van der Waals surface area contributed by atoms with Crippen molar-refractivity contribution in [1.82, 2.24) is 15.1 Å². The summed E-state index contributed by atoms with van der Waals surface area (Å²) in [5.74, 6) is 1.12. The van der Waals surface area contributed by atoms with Crippen molar-refractivity contribution >= 4 is 11.3 Å². The van der Waals surface area contributed by atoms with Crippen molar-refractivity contribution in [2.24, 2.45) is 5.73 Å². The smallest absolute Gasteiger partial charge is 0.269 e. The summed E-state index contributed by atoms with van der Waals surface area (Å²) >= 11 is 1.53. The quantitative estimate of drug-likeness (QED) is 0.934. The molecule has 2 N–H and O–H groups in total. The summed E-state index contributed by atoms with van der Waals surface area (Å²) in [5, 5.41) is 5.01. The standard InChI is InChI=1S/C14H20N4O2S/c1-8-10(21-12(16-8)9(2)19-3)11-17-13(18-20-11)14(15)6-4-5-7-14/h9H,4-7,15H2,1-3H3. The number of hydrogen-bond donors (Lipinski definition) is 1. The molecule has 1 atom stereocenters. The zero-order valence-electron chi connectivity index (χ0n) is 12.5. The average Bonchev–Trinajstić information content (AvgIpc) is 3.17. The maximum atomic E-state index is 6.37. The molecule has 7 heteroatoms. The van der Waals surface area contributed by atoms with Crippen LogP contribution >= 0.6 is 11.3 Å². The van der Waals surface area contributed by atoms with Crippen LogP contribution in [0.15, 0.2) is 4.52 Å². The van der Waals surface area contributed by atoms with Crippen LogP contribution in [-0.4, -0.2) is 22.2 Å². The molecular formula is C14H20N4O2S. The molecular weight excluding hydrogens is 288 g/mol. The Morgan fingerprint density at radius 2 is 2.05 bits per heavy atom. The highest BCUT2D eigenvalue weighted by Gasteiger charge is 2.36. The fourth-order valence-electron chi connectivity index (χ4n) is 2.64. The Morgan fingerprint density at radius 1 is 1.33 bits per heavy atom. The van der Waals surface area contributed by atoms with Crippen LogP contribution in [0, 0.1) is 6.92 Å². The van der Waals surface area contributed by atoms with Crippen LogP contribution in [0.1, 0.15) is 55.2 Å². The highest BCUT2D eigenvalue weighted by Crippen LogP contribution is 2.37. The SMILES string of the molecule is COC(C)c1nc(C)c(-c2nc(C3(N)CCCC3)no2)s1. The third-order valence-electron chi connectivity index (χ3n) is 4.08. The monoisotopic (exact) mass is 308 g/mol. The lowest BCUT2D eigenvalue weighted by molar-refractivity contribution is 0.119. The van der Waals surface area contributed by atoms with Gasteiger partial charge in [-0.2, -0.15) is 4.98 Å². The lowest BCUT2D eigenvalue weighted by Crippen LogP contribution is -2.34. The lowest BCUT2D eigenvalue weighted by atomic mass is 9.99. The van der Waals surface area contributed by atoms with Crippen molar-refractivity contribution in [2.75, 3.05) is 7.11 Å². The molecule has 0 radical (unpaired) electrons. The Bertz CT molecular complexity index is 631. The second-order valence-electron chi connectivity index (χ2n) is 5.63. The number of nitrogens with two attached hydrogens (primary N) is 1. The fraction of sp³-hybridized carbons (Fsp3) is 0.643. The van der Waals surface area contributed by atoms with Gasteiger partial charge in [-0.1, -0.05) is 18.0 Å². The predicted molar refractivity (Wildman–Crippen MR) is 79.9 cm³/mol. The van der Waals surface area contributed by atoms with Crippen molar-refractivity contribution in [2.45, 2.75) is 51.2 Å². The van der Waals surface area contributed by atoms with Crippen LogP contribution in [0.3, 0.4) is 0 Å². The molecule has 3 rings (SSSR count). The van der Waals surface area contributed by atoms with Crippen molar-refractivity contribution in [3.63, 3.8) is 0 Å². The first-order valence-corrected chi connectivity index (χ1v) is 7.99. The summed E-state index contributed by atoms with van der Waals surface area (Å²) in [6.45, 7) is 3.91. The minimum absolute atomic E-state index is 0.0412. The molecule has 0 aromatic carbocycles. The van der Waals surface area contributed by atoms with Gasteiger partial charge in [-0.3, -0.25) is 0 Å². The van der Waals surface area contributed by atoms with Gasteiger partial charge in [0, 0.05) is 7.11 Å². The summed E-state index contributed by atoms with van der Waals surface area (Å²) in [6, 6.07) is 0. The summed E-state index contributed by atoms with van der Waals surface area (Å²) in [7, 11) is 1.67. The van der Waals surface area contributed by atoms with Gasteiger partial charge in [0.05, 0.1) is 11.2 Å². The number of ether oxygens (including phenoxy) is 1. The van der Waals surface area contributed by atoms with Crippen LogP contribution in [0.5, 0.6) is 0 Å². The van der Waals surface area contributed by atoms with Gasteiger partial charge in [0.2, 0.25) is 0 Å². The molecule has 1 saturated carbocycles. The first-order chi connectivity index (χ1) is 10.0. The van der Waals surface area contributed by atoms with E-state index in [1.165, 1.54) is 11.3 Å². The van der Waals surface area contributed by atoms with Crippen LogP contribution in [0.2, 0.25) is 0 Å². The van der Waals surface area contributed by atoms with Gasteiger partial charge in [0.15, 0.2) is 5.82 Å². The molecule has 1 aliphatic rings. The second kappa shape index (κ2) is 5.47. The van der Waals surface area contributed by atoms with E-state index in [4.69, 9.17) is 15.0 Å². The van der Waals surface area contributed by atoms with Crippen LogP contribution in [-0.2, 0) is 10.3 Å². The van der Waals surface area contributed by atoms with Crippen LogP contribution in [0.25, 0.3) is 10.8 Å². The minimum atomic E-state index is -0.428. The van der Waals surface area contributed by atoms with Gasteiger partial charge >= 0.3 is 0 Å². The Hall–Kier alpha value is -1.31. The van der Waals surface area contributed by atoms with Crippen LogP contribution in [0.4, 0.5) is 0 Å². The van der Waals surface area contributed by atoms with Gasteiger partial charge in [-0.15, -0.1) is 11.3 Å². The maximum absolute atomic E-state index is 6.37. The van der Waals surface area contributed by atoms with Gasteiger partial charge < -0.3 is 15.0 Å². The average molecular weight is 308 g/mol. The van der Waals surface area contributed by atoms with E-state index in [0.29, 0.717) is 11.7 Å². The first kappa shape index (κ1) is 14.6. The Morgan fingerprint density at radius 3 is 2.71 bits per heavy atom. The van der Waals surface area contributed by atoms with E-state index in [-0.39, 0.29) is 6.10 Å². The molecule has 1 fully saturated rings. The van der Waals surface area contributed by atoms with E-state index < -0.39 is 5.54 Å². The topological polar surface area (TPSA) is 87.1 Å². The lowest BCUT2D eigenvalue weighted by Gasteiger charge is -2.17. The molecule has 114 valence electrons. The maximum Gasteiger partial charge on any atom is 0.269 e. The number of nitrogens with zero attached hydrogens (tertiary/aromatic N) is 3. The number of aromatic nitrogens is 3. The van der Waals surface area contributed by atoms with E-state index in [1.807, 2.05) is 13.8 Å². The Kier molecular flexibility index (Phi) is 3.81. The molecule has 0 saturated heterocycles. The molecule has 0 amide bonds. The van der Waals surface area contributed by atoms with Gasteiger partial charge in [-0.05, 0) is 26.7 Å². The number of thiazole rings is 1. The number of rotatable bonds is 4. The van der Waals surface area contributed by atoms with Crippen molar-refractivity contribution in [3.05, 3.63) is 16.5 Å². The largest absolute Gasteiger partial charge is 0.375 e. The molecule has 0 aliphatic heterocycles. The van der Waals surface area contributed by atoms with Crippen molar-refractivity contribution in [3.8, 4) is 10.8 Å². The molecule has 0 bridgehead atoms. The zero-order valence-corrected chi connectivity index (χ0v) is 13.4. The molecule has 1 aliphatic carbocycles. The van der Waals surface area contributed by atoms with E-state index >= 15 is 0 Å². The molecule has 2 aromatic rings. The van der Waals surface area contributed by atoms with E-state index in [9.17, 15) is 0 Å². The first-order valence-electron chi connectivity index (χ1n) is 7.17. The summed E-state index contributed by atoms with van der Waals surface area (Å²) < 4.78 is 10.7. The van der Waals surface area contributed by atoms with Crippen molar-refractivity contribution < 1.29 is 9.26 Å². The number of methoxy groups -OCH3 is 1. The Labute approximate surface area is 127 Å². The molecule has 21 heavy (non-hydrogen) atoms. The highest BCUT2D eigenvalue weighted by molar-refractivity contribution is 7.15. The third kappa shape index (κ3) is 2.61. The third-order valence-corrected chi connectivity index (χ3v) is 5.38. The molecule has 0 spiro atoms. The Balaban J connectivity index is 1.91. The summed E-state index contributed by atoms with van der Waals surface area (Å²) in [5.41, 5.74) is 6.82. The fourth-order valence-corrected chi connectivity index (χ4v) is 3.66. The van der Waals surface area contributed by atoms with Gasteiger partial charge in [0.1, 0.15) is 16.0 Å². The summed E-state index contributed by atoms with van der Waals surface area (Å²) in [4.78, 5) is 9.93.